The largest absolute Gasteiger partial charge is 0.491 e. The van der Waals surface area contributed by atoms with Gasteiger partial charge in [0.2, 0.25) is 0 Å². The van der Waals surface area contributed by atoms with Crippen LogP contribution in [-0.4, -0.2) is 30.3 Å². The van der Waals surface area contributed by atoms with Gasteiger partial charge >= 0.3 is 6.18 Å². The molecule has 0 heterocycles. The summed E-state index contributed by atoms with van der Waals surface area (Å²) in [5.41, 5.74) is 6.98. The maximum absolute atomic E-state index is 12.5. The third kappa shape index (κ3) is 7.93. The number of hydrogen-bond acceptors (Lipinski definition) is 3. The molecule has 0 saturated carbocycles. The number of nitrogens with two attached hydrogens (primary N) is 1. The molecule has 0 amide bonds. The van der Waals surface area contributed by atoms with Crippen molar-refractivity contribution in [3.63, 3.8) is 0 Å². The fourth-order valence-electron chi connectivity index (χ4n) is 2.25. The smallest absolute Gasteiger partial charge is 0.416 e. The quantitative estimate of drug-likeness (QED) is 0.299. The molecule has 9 heteroatoms. The summed E-state index contributed by atoms with van der Waals surface area (Å²) in [7, 11) is 0. The van der Waals surface area contributed by atoms with Gasteiger partial charge in [-0.15, -0.1) is 24.0 Å². The SMILES string of the molecule is CCc1cccc(NC(N)=NCC(O)COc2ccc(C(F)(F)F)cc2)c1.I. The Bertz CT molecular complexity index is 768. The van der Waals surface area contributed by atoms with Crippen LogP contribution in [0.5, 0.6) is 5.75 Å². The van der Waals surface area contributed by atoms with E-state index in [1.54, 1.807) is 0 Å². The normalized spacial score (nSPS) is 12.8. The van der Waals surface area contributed by atoms with E-state index in [0.717, 1.165) is 29.8 Å². The molecule has 0 radical (unpaired) electrons. The Kier molecular flexibility index (Phi) is 9.53. The molecule has 1 unspecified atom stereocenters. The fraction of sp³-hybridized carbons (Fsp3) is 0.316. The van der Waals surface area contributed by atoms with Crippen LogP contribution in [0.25, 0.3) is 0 Å². The number of hydrogen-bond donors (Lipinski definition) is 3. The van der Waals surface area contributed by atoms with Gasteiger partial charge in [-0.05, 0) is 48.4 Å². The number of benzene rings is 2. The lowest BCUT2D eigenvalue weighted by molar-refractivity contribution is -0.137. The molecule has 0 saturated heterocycles. The van der Waals surface area contributed by atoms with Crippen molar-refractivity contribution < 1.29 is 23.0 Å². The predicted molar refractivity (Wildman–Crippen MR) is 114 cm³/mol. The van der Waals surface area contributed by atoms with E-state index in [-0.39, 0.29) is 48.8 Å². The van der Waals surface area contributed by atoms with Gasteiger partial charge in [0.15, 0.2) is 5.96 Å². The molecule has 2 aromatic carbocycles. The molecule has 154 valence electrons. The second kappa shape index (κ2) is 11.1. The van der Waals surface area contributed by atoms with E-state index < -0.39 is 17.8 Å². The monoisotopic (exact) mass is 509 g/mol. The van der Waals surface area contributed by atoms with Gasteiger partial charge in [-0.3, -0.25) is 4.99 Å². The van der Waals surface area contributed by atoms with E-state index in [1.165, 1.54) is 12.1 Å². The van der Waals surface area contributed by atoms with E-state index in [4.69, 9.17) is 10.5 Å². The summed E-state index contributed by atoms with van der Waals surface area (Å²) >= 11 is 0. The molecule has 5 nitrogen and oxygen atoms in total. The molecule has 0 fully saturated rings. The van der Waals surface area contributed by atoms with Crippen LogP contribution >= 0.6 is 24.0 Å². The number of rotatable bonds is 7. The number of guanidine groups is 1. The van der Waals surface area contributed by atoms with Crippen molar-refractivity contribution in [3.8, 4) is 5.75 Å². The summed E-state index contributed by atoms with van der Waals surface area (Å²) < 4.78 is 42.8. The van der Waals surface area contributed by atoms with Crippen molar-refractivity contribution in [3.05, 3.63) is 59.7 Å². The highest BCUT2D eigenvalue weighted by Crippen LogP contribution is 2.30. The maximum Gasteiger partial charge on any atom is 0.416 e. The molecular weight excluding hydrogens is 486 g/mol. The van der Waals surface area contributed by atoms with Gasteiger partial charge in [0.25, 0.3) is 0 Å². The number of halogens is 4. The zero-order valence-corrected chi connectivity index (χ0v) is 17.6. The van der Waals surface area contributed by atoms with Gasteiger partial charge in [0, 0.05) is 5.69 Å². The highest BCUT2D eigenvalue weighted by molar-refractivity contribution is 14.0. The van der Waals surface area contributed by atoms with Gasteiger partial charge in [0.05, 0.1) is 12.1 Å². The summed E-state index contributed by atoms with van der Waals surface area (Å²) in [6.45, 7) is 1.92. The lowest BCUT2D eigenvalue weighted by Crippen LogP contribution is -2.27. The zero-order valence-electron chi connectivity index (χ0n) is 15.2. The first kappa shape index (κ1) is 24.0. The Morgan fingerprint density at radius 2 is 1.89 bits per heavy atom. The van der Waals surface area contributed by atoms with E-state index in [2.05, 4.69) is 10.3 Å². The lowest BCUT2D eigenvalue weighted by atomic mass is 10.1. The second-order valence-electron chi connectivity index (χ2n) is 5.89. The minimum absolute atomic E-state index is 0. The average Bonchev–Trinajstić information content (AvgIpc) is 2.64. The van der Waals surface area contributed by atoms with Crippen LogP contribution in [0.1, 0.15) is 18.1 Å². The van der Waals surface area contributed by atoms with Crippen LogP contribution < -0.4 is 15.8 Å². The first-order chi connectivity index (χ1) is 12.8. The number of nitrogens with zero attached hydrogens (tertiary/aromatic N) is 1. The first-order valence-corrected chi connectivity index (χ1v) is 8.42. The summed E-state index contributed by atoms with van der Waals surface area (Å²) in [5.74, 6) is 0.380. The minimum atomic E-state index is -4.39. The molecule has 0 bridgehead atoms. The summed E-state index contributed by atoms with van der Waals surface area (Å²) in [5, 5.41) is 12.8. The van der Waals surface area contributed by atoms with E-state index in [0.29, 0.717) is 0 Å². The van der Waals surface area contributed by atoms with Crippen molar-refractivity contribution in [1.29, 1.82) is 0 Å². The number of alkyl halides is 3. The standard InChI is InChI=1S/C19H22F3N3O2.HI/c1-2-13-4-3-5-15(10-13)25-18(23)24-11-16(26)12-27-17-8-6-14(7-9-17)19(20,21)22;/h3-10,16,26H,2,11-12H2,1H3,(H3,23,24,25);1H. The molecule has 0 aromatic heterocycles. The van der Waals surface area contributed by atoms with Gasteiger partial charge in [0.1, 0.15) is 18.5 Å². The van der Waals surface area contributed by atoms with Crippen LogP contribution in [0.2, 0.25) is 0 Å². The number of ether oxygens (including phenoxy) is 1. The summed E-state index contributed by atoms with van der Waals surface area (Å²) in [4.78, 5) is 4.04. The summed E-state index contributed by atoms with van der Waals surface area (Å²) in [6.07, 6.45) is -4.45. The number of aliphatic hydroxyl groups excluding tert-OH is 1. The van der Waals surface area contributed by atoms with E-state index >= 15 is 0 Å². The van der Waals surface area contributed by atoms with Gasteiger partial charge in [-0.25, -0.2) is 0 Å². The molecule has 2 aromatic rings. The fourth-order valence-corrected chi connectivity index (χ4v) is 2.25. The van der Waals surface area contributed by atoms with Crippen LogP contribution in [-0.2, 0) is 12.6 Å². The second-order valence-corrected chi connectivity index (χ2v) is 5.89. The first-order valence-electron chi connectivity index (χ1n) is 8.42. The van der Waals surface area contributed by atoms with Crippen molar-refractivity contribution in [2.75, 3.05) is 18.5 Å². The Hall–Kier alpha value is -2.01. The number of nitrogens with one attached hydrogen (secondary N) is 1. The number of aliphatic imine (C=N–C) groups is 1. The Labute approximate surface area is 178 Å². The Morgan fingerprint density at radius 1 is 1.21 bits per heavy atom. The van der Waals surface area contributed by atoms with Crippen molar-refractivity contribution in [2.45, 2.75) is 25.6 Å². The number of anilines is 1. The van der Waals surface area contributed by atoms with Gasteiger partial charge in [-0.2, -0.15) is 13.2 Å². The van der Waals surface area contributed by atoms with Crippen molar-refractivity contribution >= 4 is 35.6 Å². The van der Waals surface area contributed by atoms with Crippen LogP contribution in [0.4, 0.5) is 18.9 Å². The Morgan fingerprint density at radius 3 is 2.50 bits per heavy atom. The topological polar surface area (TPSA) is 79.9 Å². The highest BCUT2D eigenvalue weighted by Gasteiger charge is 2.30. The zero-order chi connectivity index (χ0) is 19.9. The average molecular weight is 509 g/mol. The van der Waals surface area contributed by atoms with Gasteiger partial charge in [-0.1, -0.05) is 19.1 Å². The molecule has 0 aliphatic rings. The van der Waals surface area contributed by atoms with Crippen molar-refractivity contribution in [2.24, 2.45) is 10.7 Å². The van der Waals surface area contributed by atoms with Gasteiger partial charge < -0.3 is 20.9 Å². The lowest BCUT2D eigenvalue weighted by Gasteiger charge is -2.12. The van der Waals surface area contributed by atoms with Crippen molar-refractivity contribution in [1.82, 2.24) is 0 Å². The van der Waals surface area contributed by atoms with Crippen LogP contribution in [0.15, 0.2) is 53.5 Å². The molecule has 4 N–H and O–H groups in total. The number of aliphatic hydroxyl groups is 1. The molecule has 2 rings (SSSR count). The molecular formula is C19H23F3IN3O2. The highest BCUT2D eigenvalue weighted by atomic mass is 127. The molecule has 28 heavy (non-hydrogen) atoms. The maximum atomic E-state index is 12.5. The van der Waals surface area contributed by atoms with Crippen LogP contribution in [0, 0.1) is 0 Å². The predicted octanol–water partition coefficient (Wildman–Crippen LogP) is 4.05. The minimum Gasteiger partial charge on any atom is -0.491 e. The molecule has 0 aliphatic heterocycles. The third-order valence-electron chi connectivity index (χ3n) is 3.70. The third-order valence-corrected chi connectivity index (χ3v) is 3.70. The number of aryl methyl sites for hydroxylation is 1. The van der Waals surface area contributed by atoms with E-state index in [1.807, 2.05) is 31.2 Å². The molecule has 1 atom stereocenters. The molecule has 0 aliphatic carbocycles. The van der Waals surface area contributed by atoms with Crippen LogP contribution in [0.3, 0.4) is 0 Å². The summed E-state index contributed by atoms with van der Waals surface area (Å²) in [6, 6.07) is 12.0. The molecule has 0 spiro atoms. The van der Waals surface area contributed by atoms with E-state index in [9.17, 15) is 18.3 Å². The Balaban J connectivity index is 0.00000392.